The van der Waals surface area contributed by atoms with Gasteiger partial charge in [-0.05, 0) is 6.92 Å². The molecule has 0 aliphatic rings. The summed E-state index contributed by atoms with van der Waals surface area (Å²) in [4.78, 5) is 23.2. The molecule has 2 N–H and O–H groups in total. The maximum atomic E-state index is 11.4. The van der Waals surface area contributed by atoms with E-state index >= 15 is 0 Å². The molecule has 0 radical (unpaired) electrons. The van der Waals surface area contributed by atoms with Crippen molar-refractivity contribution in [2.75, 3.05) is 13.6 Å². The normalized spacial score (nSPS) is 12.6. The maximum absolute atomic E-state index is 11.4. The quantitative estimate of drug-likeness (QED) is 0.654. The molecule has 0 saturated heterocycles. The molecule has 5 nitrogen and oxygen atoms in total. The molecule has 0 aromatic carbocycles. The molecular formula is C9H18N2O3. The number of amides is 1. The summed E-state index contributed by atoms with van der Waals surface area (Å²) in [6.45, 7) is 5.50. The fourth-order valence-corrected chi connectivity index (χ4v) is 0.798. The van der Waals surface area contributed by atoms with Gasteiger partial charge in [0.1, 0.15) is 6.04 Å². The molecule has 0 aliphatic carbocycles. The standard InChI is InChI=1S/C9H18N2O3/c1-6(2)10-5-8(12)11(4)7(3)9(13)14/h6-7,10H,5H2,1-4H3,(H,13,14). The highest BCUT2D eigenvalue weighted by Gasteiger charge is 2.20. The lowest BCUT2D eigenvalue weighted by Crippen LogP contribution is -2.45. The highest BCUT2D eigenvalue weighted by molar-refractivity contribution is 5.84. The Kier molecular flexibility index (Phi) is 5.15. The van der Waals surface area contributed by atoms with Crippen LogP contribution in [-0.4, -0.2) is 47.6 Å². The summed E-state index contributed by atoms with van der Waals surface area (Å²) in [6.07, 6.45) is 0. The zero-order valence-corrected chi connectivity index (χ0v) is 9.07. The van der Waals surface area contributed by atoms with Crippen molar-refractivity contribution in [3.8, 4) is 0 Å². The molecular weight excluding hydrogens is 184 g/mol. The van der Waals surface area contributed by atoms with Crippen molar-refractivity contribution in [2.24, 2.45) is 0 Å². The Morgan fingerprint density at radius 3 is 2.21 bits per heavy atom. The predicted molar refractivity (Wildman–Crippen MR) is 53.0 cm³/mol. The van der Waals surface area contributed by atoms with Crippen molar-refractivity contribution in [3.63, 3.8) is 0 Å². The van der Waals surface area contributed by atoms with Gasteiger partial charge >= 0.3 is 5.97 Å². The number of carbonyl (C=O) groups excluding carboxylic acids is 1. The maximum Gasteiger partial charge on any atom is 0.326 e. The topological polar surface area (TPSA) is 69.6 Å². The summed E-state index contributed by atoms with van der Waals surface area (Å²) < 4.78 is 0. The van der Waals surface area contributed by atoms with Gasteiger partial charge in [0.15, 0.2) is 0 Å². The van der Waals surface area contributed by atoms with E-state index in [0.717, 1.165) is 0 Å². The van der Waals surface area contributed by atoms with E-state index in [2.05, 4.69) is 5.32 Å². The van der Waals surface area contributed by atoms with Crippen LogP contribution >= 0.6 is 0 Å². The van der Waals surface area contributed by atoms with E-state index in [1.807, 2.05) is 13.8 Å². The van der Waals surface area contributed by atoms with Crippen molar-refractivity contribution in [2.45, 2.75) is 32.9 Å². The first-order valence-electron chi connectivity index (χ1n) is 4.58. The van der Waals surface area contributed by atoms with Crippen LogP contribution < -0.4 is 5.32 Å². The van der Waals surface area contributed by atoms with Gasteiger partial charge in [-0.15, -0.1) is 0 Å². The molecule has 5 heteroatoms. The van der Waals surface area contributed by atoms with E-state index in [1.54, 1.807) is 0 Å². The third-order valence-corrected chi connectivity index (χ3v) is 1.99. The van der Waals surface area contributed by atoms with Gasteiger partial charge in [0.05, 0.1) is 6.54 Å². The Hall–Kier alpha value is -1.10. The predicted octanol–water partition coefficient (Wildman–Crippen LogP) is -0.0841. The third-order valence-electron chi connectivity index (χ3n) is 1.99. The zero-order chi connectivity index (χ0) is 11.3. The first-order valence-corrected chi connectivity index (χ1v) is 4.58. The number of nitrogens with one attached hydrogen (secondary N) is 1. The van der Waals surface area contributed by atoms with E-state index in [0.29, 0.717) is 0 Å². The number of carboxylic acids is 1. The first kappa shape index (κ1) is 12.9. The van der Waals surface area contributed by atoms with Crippen molar-refractivity contribution >= 4 is 11.9 Å². The van der Waals surface area contributed by atoms with Gasteiger partial charge in [0.25, 0.3) is 0 Å². The van der Waals surface area contributed by atoms with E-state index in [4.69, 9.17) is 5.11 Å². The van der Waals surface area contributed by atoms with Gasteiger partial charge in [0.2, 0.25) is 5.91 Å². The summed E-state index contributed by atoms with van der Waals surface area (Å²) in [5.41, 5.74) is 0. The van der Waals surface area contributed by atoms with E-state index in [-0.39, 0.29) is 18.5 Å². The van der Waals surface area contributed by atoms with Gasteiger partial charge in [-0.25, -0.2) is 4.79 Å². The molecule has 82 valence electrons. The Morgan fingerprint density at radius 2 is 1.86 bits per heavy atom. The Labute approximate surface area is 84.1 Å². The van der Waals surface area contributed by atoms with E-state index in [1.165, 1.54) is 18.9 Å². The van der Waals surface area contributed by atoms with Crippen LogP contribution in [0.1, 0.15) is 20.8 Å². The molecule has 0 bridgehead atoms. The molecule has 0 aromatic heterocycles. The number of rotatable bonds is 5. The number of hydrogen-bond acceptors (Lipinski definition) is 3. The SMILES string of the molecule is CC(C)NCC(=O)N(C)C(C)C(=O)O. The van der Waals surface area contributed by atoms with Crippen LogP contribution in [0.4, 0.5) is 0 Å². The van der Waals surface area contributed by atoms with Crippen molar-refractivity contribution < 1.29 is 14.7 Å². The Morgan fingerprint density at radius 1 is 1.36 bits per heavy atom. The minimum absolute atomic E-state index is 0.172. The van der Waals surface area contributed by atoms with Gasteiger partial charge in [-0.3, -0.25) is 4.79 Å². The molecule has 0 fully saturated rings. The summed E-state index contributed by atoms with van der Waals surface area (Å²) in [7, 11) is 1.49. The van der Waals surface area contributed by atoms with Gasteiger partial charge in [0, 0.05) is 13.1 Å². The van der Waals surface area contributed by atoms with Gasteiger partial charge in [-0.2, -0.15) is 0 Å². The van der Waals surface area contributed by atoms with Gasteiger partial charge < -0.3 is 15.3 Å². The molecule has 1 atom stereocenters. The fourth-order valence-electron chi connectivity index (χ4n) is 0.798. The van der Waals surface area contributed by atoms with Crippen LogP contribution in [-0.2, 0) is 9.59 Å². The molecule has 0 aromatic rings. The van der Waals surface area contributed by atoms with Crippen molar-refractivity contribution in [1.29, 1.82) is 0 Å². The second-order valence-corrected chi connectivity index (χ2v) is 3.55. The highest BCUT2D eigenvalue weighted by atomic mass is 16.4. The minimum Gasteiger partial charge on any atom is -0.480 e. The van der Waals surface area contributed by atoms with Crippen LogP contribution in [0.5, 0.6) is 0 Å². The molecule has 0 aliphatic heterocycles. The first-order chi connectivity index (χ1) is 6.36. The molecule has 0 rings (SSSR count). The van der Waals surface area contributed by atoms with Gasteiger partial charge in [-0.1, -0.05) is 13.8 Å². The summed E-state index contributed by atoms with van der Waals surface area (Å²) in [5.74, 6) is -1.21. The second-order valence-electron chi connectivity index (χ2n) is 3.55. The van der Waals surface area contributed by atoms with Crippen LogP contribution in [0.2, 0.25) is 0 Å². The number of likely N-dealkylation sites (N-methyl/N-ethyl adjacent to an activating group) is 1. The highest BCUT2D eigenvalue weighted by Crippen LogP contribution is 1.95. The lowest BCUT2D eigenvalue weighted by Gasteiger charge is -2.22. The molecule has 0 heterocycles. The molecule has 14 heavy (non-hydrogen) atoms. The number of hydrogen-bond donors (Lipinski definition) is 2. The smallest absolute Gasteiger partial charge is 0.326 e. The average molecular weight is 202 g/mol. The monoisotopic (exact) mass is 202 g/mol. The third kappa shape index (κ3) is 4.23. The van der Waals surface area contributed by atoms with Crippen LogP contribution in [0.25, 0.3) is 0 Å². The Bertz CT molecular complexity index is 216. The molecule has 1 unspecified atom stereocenters. The van der Waals surface area contributed by atoms with E-state index in [9.17, 15) is 9.59 Å². The van der Waals surface area contributed by atoms with Crippen LogP contribution in [0.3, 0.4) is 0 Å². The lowest BCUT2D eigenvalue weighted by atomic mass is 10.3. The lowest BCUT2D eigenvalue weighted by molar-refractivity contribution is -0.147. The number of carboxylic acid groups (broad SMARTS) is 1. The number of nitrogens with zero attached hydrogens (tertiary/aromatic N) is 1. The summed E-state index contributed by atoms with van der Waals surface area (Å²) in [6, 6.07) is -0.566. The van der Waals surface area contributed by atoms with Crippen LogP contribution in [0.15, 0.2) is 0 Å². The largest absolute Gasteiger partial charge is 0.480 e. The second kappa shape index (κ2) is 5.59. The summed E-state index contributed by atoms with van der Waals surface area (Å²) in [5, 5.41) is 11.6. The van der Waals surface area contributed by atoms with Crippen LogP contribution in [0, 0.1) is 0 Å². The molecule has 0 saturated carbocycles. The summed E-state index contributed by atoms with van der Waals surface area (Å²) >= 11 is 0. The number of carbonyl (C=O) groups is 2. The van der Waals surface area contributed by atoms with Crippen molar-refractivity contribution in [3.05, 3.63) is 0 Å². The fraction of sp³-hybridized carbons (Fsp3) is 0.778. The average Bonchev–Trinajstić information content (AvgIpc) is 2.11. The minimum atomic E-state index is -0.995. The molecule has 0 spiro atoms. The van der Waals surface area contributed by atoms with Crippen molar-refractivity contribution in [1.82, 2.24) is 10.2 Å². The Balaban J connectivity index is 4.05. The number of aliphatic carboxylic acids is 1. The molecule has 1 amide bonds. The van der Waals surface area contributed by atoms with E-state index < -0.39 is 12.0 Å². The zero-order valence-electron chi connectivity index (χ0n) is 9.07.